The molecule has 0 saturated carbocycles. The van der Waals surface area contributed by atoms with Crippen LogP contribution in [-0.4, -0.2) is 78.6 Å². The summed E-state index contributed by atoms with van der Waals surface area (Å²) in [7, 11) is 23.6. The van der Waals surface area contributed by atoms with Crippen LogP contribution in [0.4, 0.5) is 0 Å². The summed E-state index contributed by atoms with van der Waals surface area (Å²) in [5.41, 5.74) is 0. The van der Waals surface area contributed by atoms with Gasteiger partial charge in [0.15, 0.2) is 0 Å². The van der Waals surface area contributed by atoms with Gasteiger partial charge in [0.25, 0.3) is 0 Å². The summed E-state index contributed by atoms with van der Waals surface area (Å²) in [6.07, 6.45) is 0. The second-order valence-corrected chi connectivity index (χ2v) is 1.99. The highest BCUT2D eigenvalue weighted by molar-refractivity contribution is 7.68. The Morgan fingerprint density at radius 3 is 1.83 bits per heavy atom. The summed E-state index contributed by atoms with van der Waals surface area (Å²) in [6.45, 7) is 0. The molecule has 1 N–H and O–H groups in total. The van der Waals surface area contributed by atoms with Crippen LogP contribution < -0.4 is 5.23 Å². The third-order valence-electron chi connectivity index (χ3n) is 1.04. The summed E-state index contributed by atoms with van der Waals surface area (Å²) < 4.78 is 0. The number of hydrogen-bond acceptors (Lipinski definition) is 1. The van der Waals surface area contributed by atoms with Gasteiger partial charge in [-0.1, -0.05) is 0 Å². The van der Waals surface area contributed by atoms with Gasteiger partial charge in [0.05, 0.1) is 0 Å². The molecule has 0 rings (SSSR count). The van der Waals surface area contributed by atoms with Gasteiger partial charge in [-0.2, -0.15) is 0 Å². The predicted molar refractivity (Wildman–Crippen MR) is 66.6 cm³/mol. The SMILES string of the molecule is [B][B][B][B][B][B][B][B][B][B]NC. The Bertz CT molecular complexity index is 66.2. The zero-order chi connectivity index (χ0) is 9.07. The monoisotopic (exact) mass is 140 g/mol. The molecule has 0 aromatic carbocycles. The largest absolute Gasteiger partial charge is 0.372 e. The molecule has 0 aliphatic heterocycles. The van der Waals surface area contributed by atoms with Gasteiger partial charge in [-0.15, -0.1) is 0 Å². The van der Waals surface area contributed by atoms with Gasteiger partial charge >= 0.3 is 0 Å². The maximum absolute atomic E-state index is 5.13. The molecule has 0 aliphatic rings. The maximum atomic E-state index is 5.13. The smallest absolute Gasteiger partial charge is 0.144 e. The van der Waals surface area contributed by atoms with Crippen LogP contribution in [0.2, 0.25) is 0 Å². The Morgan fingerprint density at radius 2 is 1.33 bits per heavy atom. The second kappa shape index (κ2) is 11.6. The normalized spacial score (nSPS) is 7.42. The minimum Gasteiger partial charge on any atom is -0.372 e. The number of nitrogens with one attached hydrogen (secondary N) is 1. The Kier molecular flexibility index (Phi) is 12.2. The minimum atomic E-state index is 1.50. The lowest BCUT2D eigenvalue weighted by atomic mass is 8.89. The third kappa shape index (κ3) is 10.6. The van der Waals surface area contributed by atoms with Crippen LogP contribution in [-0.2, 0) is 0 Å². The van der Waals surface area contributed by atoms with Crippen LogP contribution in [0.1, 0.15) is 0 Å². The van der Waals surface area contributed by atoms with Crippen LogP contribution in [0.25, 0.3) is 0 Å². The lowest BCUT2D eigenvalue weighted by molar-refractivity contribution is 1.27. The van der Waals surface area contributed by atoms with E-state index in [1.165, 1.54) is 7.06 Å². The van der Waals surface area contributed by atoms with E-state index in [0.717, 1.165) is 0 Å². The number of hydrogen-bond donors (Lipinski definition) is 1. The molecule has 0 bridgehead atoms. The van der Waals surface area contributed by atoms with Crippen molar-refractivity contribution >= 4 is 71.5 Å². The van der Waals surface area contributed by atoms with Crippen LogP contribution >= 0.6 is 0 Å². The first-order valence-electron chi connectivity index (χ1n) is 3.79. The molecule has 11 heteroatoms. The first-order valence-corrected chi connectivity index (χ1v) is 3.79. The maximum Gasteiger partial charge on any atom is 0.144 e. The van der Waals surface area contributed by atoms with Gasteiger partial charge in [-0.3, -0.25) is 0 Å². The quantitative estimate of drug-likeness (QED) is 0.252. The zero-order valence-corrected chi connectivity index (χ0v) is 7.27. The lowest BCUT2D eigenvalue weighted by Gasteiger charge is -1.95. The summed E-state index contributed by atoms with van der Waals surface area (Å²) in [5, 5.41) is 2.89. The molecule has 0 atom stereocenters. The molecule has 12 heavy (non-hydrogen) atoms. The number of rotatable bonds is 9. The van der Waals surface area contributed by atoms with E-state index >= 15 is 0 Å². The van der Waals surface area contributed by atoms with Crippen molar-refractivity contribution in [2.45, 2.75) is 0 Å². The van der Waals surface area contributed by atoms with E-state index in [2.05, 4.69) is 5.23 Å². The third-order valence-corrected chi connectivity index (χ3v) is 1.04. The van der Waals surface area contributed by atoms with E-state index in [-0.39, 0.29) is 0 Å². The van der Waals surface area contributed by atoms with E-state index in [4.69, 9.17) is 7.74 Å². The fourth-order valence-corrected chi connectivity index (χ4v) is 0.537. The molecular weight excluding hydrogens is 134 g/mol. The topological polar surface area (TPSA) is 12.0 Å². The van der Waals surface area contributed by atoms with E-state index in [1.54, 1.807) is 7.06 Å². The average Bonchev–Trinajstić information content (AvgIpc) is 2.10. The molecule has 43 valence electrons. The van der Waals surface area contributed by atoms with Crippen molar-refractivity contribution in [1.82, 2.24) is 5.23 Å². The zero-order valence-electron chi connectivity index (χ0n) is 7.27. The fraction of sp³-hybridized carbons (Fsp3) is 1.00. The van der Waals surface area contributed by atoms with Gasteiger partial charge in [-0.05, 0) is 7.05 Å². The van der Waals surface area contributed by atoms with Crippen LogP contribution in [0.15, 0.2) is 0 Å². The van der Waals surface area contributed by atoms with Crippen LogP contribution in [0.5, 0.6) is 0 Å². The molecule has 0 aliphatic carbocycles. The highest BCUT2D eigenvalue weighted by atomic mass is 14.7. The molecule has 0 heterocycles. The molecular formula is CH4B10N. The van der Waals surface area contributed by atoms with Crippen molar-refractivity contribution in [3.63, 3.8) is 0 Å². The van der Waals surface area contributed by atoms with Gasteiger partial charge in [-0.25, -0.2) is 0 Å². The van der Waals surface area contributed by atoms with E-state index in [9.17, 15) is 0 Å². The van der Waals surface area contributed by atoms with Crippen molar-refractivity contribution < 1.29 is 0 Å². The van der Waals surface area contributed by atoms with Gasteiger partial charge < -0.3 is 5.23 Å². The van der Waals surface area contributed by atoms with Crippen molar-refractivity contribution in [2.75, 3.05) is 7.05 Å². The fourth-order valence-electron chi connectivity index (χ4n) is 0.537. The molecule has 0 spiro atoms. The molecule has 0 aromatic heterocycles. The first kappa shape index (κ1) is 12.6. The van der Waals surface area contributed by atoms with Crippen LogP contribution in [0, 0.1) is 0 Å². The molecule has 1 nitrogen and oxygen atoms in total. The summed E-state index contributed by atoms with van der Waals surface area (Å²) in [6, 6.07) is 0. The highest BCUT2D eigenvalue weighted by Crippen LogP contribution is 1.56. The summed E-state index contributed by atoms with van der Waals surface area (Å²) in [4.78, 5) is 0. The van der Waals surface area contributed by atoms with Gasteiger partial charge in [0.2, 0.25) is 0 Å². The Labute approximate surface area is 84.2 Å². The van der Waals surface area contributed by atoms with Crippen LogP contribution in [0.3, 0.4) is 0 Å². The standard InChI is InChI=1S/CH4B10N/c1-12-11-10-9-8-7-6-5-4-3-2/h12H,1H3. The Balaban J connectivity index is 2.73. The van der Waals surface area contributed by atoms with Gasteiger partial charge in [0.1, 0.15) is 7.31 Å². The van der Waals surface area contributed by atoms with E-state index in [0.29, 0.717) is 0 Å². The molecule has 0 aromatic rings. The Morgan fingerprint density at radius 1 is 0.833 bits per heavy atom. The van der Waals surface area contributed by atoms with Gasteiger partial charge in [0, 0.05) is 64.2 Å². The summed E-state index contributed by atoms with van der Waals surface area (Å²) >= 11 is 0. The predicted octanol–water partition coefficient (Wildman–Crippen LogP) is -4.14. The minimum absolute atomic E-state index is 1.50. The molecule has 0 amide bonds. The average molecular weight is 138 g/mol. The Hall–Kier alpha value is 0.609. The lowest BCUT2D eigenvalue weighted by Crippen LogP contribution is -2.34. The van der Waals surface area contributed by atoms with E-state index < -0.39 is 0 Å². The molecule has 0 saturated heterocycles. The van der Waals surface area contributed by atoms with Crippen molar-refractivity contribution in [3.05, 3.63) is 0 Å². The first-order chi connectivity index (χ1) is 5.91. The highest BCUT2D eigenvalue weighted by Gasteiger charge is 1.95. The van der Waals surface area contributed by atoms with E-state index in [1.807, 2.05) is 56.7 Å². The molecule has 11 radical (unpaired) electrons. The van der Waals surface area contributed by atoms with Crippen molar-refractivity contribution in [3.8, 4) is 0 Å². The molecule has 0 unspecified atom stereocenters. The molecule has 0 fully saturated rings. The van der Waals surface area contributed by atoms with Crippen molar-refractivity contribution in [1.29, 1.82) is 0 Å². The summed E-state index contributed by atoms with van der Waals surface area (Å²) in [5.74, 6) is 0. The second-order valence-electron chi connectivity index (χ2n) is 1.99. The van der Waals surface area contributed by atoms with Crippen molar-refractivity contribution in [2.24, 2.45) is 0 Å².